The summed E-state index contributed by atoms with van der Waals surface area (Å²) in [5, 5.41) is 12.9. The number of nitrogens with zero attached hydrogens (tertiary/aromatic N) is 2. The van der Waals surface area contributed by atoms with Gasteiger partial charge in [0.1, 0.15) is 5.82 Å². The van der Waals surface area contributed by atoms with Crippen molar-refractivity contribution in [2.24, 2.45) is 0 Å². The molecule has 1 heterocycles. The molecule has 2 aromatic carbocycles. The van der Waals surface area contributed by atoms with Crippen LogP contribution >= 0.6 is 0 Å². The second-order valence-electron chi connectivity index (χ2n) is 5.30. The lowest BCUT2D eigenvalue weighted by molar-refractivity contribution is 0.0697. The molecule has 0 unspecified atom stereocenters. The Morgan fingerprint density at radius 2 is 1.91 bits per heavy atom. The number of aromatic carboxylic acids is 1. The van der Waals surface area contributed by atoms with Gasteiger partial charge in [0.2, 0.25) is 5.82 Å². The van der Waals surface area contributed by atoms with Gasteiger partial charge in [0.05, 0.1) is 11.1 Å². The first-order valence-electron chi connectivity index (χ1n) is 6.89. The Balaban J connectivity index is 2.04. The Morgan fingerprint density at radius 3 is 2.61 bits per heavy atom. The zero-order chi connectivity index (χ0) is 16.6. The van der Waals surface area contributed by atoms with E-state index in [2.05, 4.69) is 10.1 Å². The first-order valence-corrected chi connectivity index (χ1v) is 6.89. The molecular weight excluding hydrogens is 299 g/mol. The van der Waals surface area contributed by atoms with Gasteiger partial charge in [-0.15, -0.1) is 0 Å². The van der Waals surface area contributed by atoms with Crippen LogP contribution in [0.15, 0.2) is 40.9 Å². The monoisotopic (exact) mass is 312 g/mol. The zero-order valence-corrected chi connectivity index (χ0v) is 12.5. The van der Waals surface area contributed by atoms with Crippen molar-refractivity contribution >= 4 is 5.97 Å². The fraction of sp³-hybridized carbons (Fsp3) is 0.118. The summed E-state index contributed by atoms with van der Waals surface area (Å²) in [5.74, 6) is -1.22. The predicted molar refractivity (Wildman–Crippen MR) is 81.6 cm³/mol. The quantitative estimate of drug-likeness (QED) is 0.794. The summed E-state index contributed by atoms with van der Waals surface area (Å²) in [5.41, 5.74) is 2.39. The number of carboxylic acid groups (broad SMARTS) is 1. The van der Waals surface area contributed by atoms with Gasteiger partial charge in [-0.25, -0.2) is 9.18 Å². The molecule has 0 bridgehead atoms. The molecule has 0 saturated heterocycles. The minimum absolute atomic E-state index is 0.0517. The summed E-state index contributed by atoms with van der Waals surface area (Å²) in [6.45, 7) is 3.56. The van der Waals surface area contributed by atoms with Gasteiger partial charge in [0.15, 0.2) is 0 Å². The van der Waals surface area contributed by atoms with E-state index in [4.69, 9.17) is 9.63 Å². The number of carbonyl (C=O) groups is 1. The number of halogens is 1. The fourth-order valence-electron chi connectivity index (χ4n) is 2.28. The van der Waals surface area contributed by atoms with Gasteiger partial charge in [0.25, 0.3) is 5.89 Å². The van der Waals surface area contributed by atoms with Gasteiger partial charge < -0.3 is 9.63 Å². The first kappa shape index (κ1) is 14.9. The number of carboxylic acids is 1. The van der Waals surface area contributed by atoms with Crippen molar-refractivity contribution in [2.45, 2.75) is 13.8 Å². The molecule has 0 spiro atoms. The van der Waals surface area contributed by atoms with E-state index in [9.17, 15) is 9.18 Å². The van der Waals surface area contributed by atoms with Crippen LogP contribution in [0.5, 0.6) is 0 Å². The average Bonchev–Trinajstić information content (AvgIpc) is 2.96. The van der Waals surface area contributed by atoms with E-state index >= 15 is 0 Å². The Kier molecular flexibility index (Phi) is 3.65. The van der Waals surface area contributed by atoms with Crippen molar-refractivity contribution in [2.75, 3.05) is 0 Å². The summed E-state index contributed by atoms with van der Waals surface area (Å²) in [7, 11) is 0. The Hall–Kier alpha value is -3.02. The van der Waals surface area contributed by atoms with Crippen LogP contribution in [0.3, 0.4) is 0 Å². The largest absolute Gasteiger partial charge is 0.478 e. The van der Waals surface area contributed by atoms with Crippen LogP contribution in [-0.4, -0.2) is 21.2 Å². The van der Waals surface area contributed by atoms with E-state index in [0.29, 0.717) is 5.56 Å². The second kappa shape index (κ2) is 5.64. The number of aromatic nitrogens is 2. The Bertz CT molecular complexity index is 903. The number of benzene rings is 2. The first-order chi connectivity index (χ1) is 10.9. The maximum Gasteiger partial charge on any atom is 0.335 e. The second-order valence-corrected chi connectivity index (χ2v) is 5.30. The Morgan fingerprint density at radius 1 is 1.13 bits per heavy atom. The highest BCUT2D eigenvalue weighted by Crippen LogP contribution is 2.26. The van der Waals surface area contributed by atoms with Gasteiger partial charge >= 0.3 is 5.97 Å². The molecule has 1 aromatic heterocycles. The number of aryl methyl sites for hydroxylation is 2. The molecule has 0 fully saturated rings. The van der Waals surface area contributed by atoms with Crippen LogP contribution < -0.4 is 0 Å². The third kappa shape index (κ3) is 2.96. The normalized spacial score (nSPS) is 10.7. The highest BCUT2D eigenvalue weighted by Gasteiger charge is 2.16. The van der Waals surface area contributed by atoms with Crippen molar-refractivity contribution in [3.63, 3.8) is 0 Å². The van der Waals surface area contributed by atoms with Crippen molar-refractivity contribution in [1.82, 2.24) is 10.1 Å². The molecule has 0 radical (unpaired) electrons. The minimum Gasteiger partial charge on any atom is -0.478 e. The molecule has 116 valence electrons. The third-order valence-corrected chi connectivity index (χ3v) is 3.36. The smallest absolute Gasteiger partial charge is 0.335 e. The van der Waals surface area contributed by atoms with Crippen LogP contribution in [0.25, 0.3) is 22.8 Å². The van der Waals surface area contributed by atoms with Gasteiger partial charge in [-0.3, -0.25) is 0 Å². The molecule has 0 aliphatic heterocycles. The SMILES string of the molecule is Cc1cc(C(=O)O)cc(-c2noc(-c3ccc(C)cc3F)n2)c1. The highest BCUT2D eigenvalue weighted by atomic mass is 19.1. The van der Waals surface area contributed by atoms with Crippen molar-refractivity contribution < 1.29 is 18.8 Å². The van der Waals surface area contributed by atoms with Gasteiger partial charge in [0, 0.05) is 5.56 Å². The zero-order valence-electron chi connectivity index (χ0n) is 12.5. The molecule has 3 rings (SSSR count). The van der Waals surface area contributed by atoms with E-state index in [0.717, 1.165) is 11.1 Å². The number of hydrogen-bond acceptors (Lipinski definition) is 4. The standard InChI is InChI=1S/C17H13FN2O3/c1-9-3-4-13(14(18)7-9)16-19-15(20-23-16)11-5-10(2)6-12(8-11)17(21)22/h3-8H,1-2H3,(H,21,22). The Labute approximate surface area is 131 Å². The third-order valence-electron chi connectivity index (χ3n) is 3.36. The fourth-order valence-corrected chi connectivity index (χ4v) is 2.28. The number of rotatable bonds is 3. The lowest BCUT2D eigenvalue weighted by Crippen LogP contribution is -1.97. The van der Waals surface area contributed by atoms with E-state index in [1.165, 1.54) is 12.1 Å². The molecule has 5 nitrogen and oxygen atoms in total. The maximum absolute atomic E-state index is 14.0. The van der Waals surface area contributed by atoms with E-state index in [-0.39, 0.29) is 22.8 Å². The van der Waals surface area contributed by atoms with Crippen molar-refractivity contribution in [3.8, 4) is 22.8 Å². The van der Waals surface area contributed by atoms with Crippen LogP contribution in [-0.2, 0) is 0 Å². The summed E-state index contributed by atoms with van der Waals surface area (Å²) in [6, 6.07) is 9.45. The lowest BCUT2D eigenvalue weighted by Gasteiger charge is -2.01. The molecule has 0 aliphatic rings. The molecule has 0 atom stereocenters. The van der Waals surface area contributed by atoms with E-state index in [1.54, 1.807) is 38.1 Å². The van der Waals surface area contributed by atoms with Crippen LogP contribution in [0.1, 0.15) is 21.5 Å². The molecule has 0 amide bonds. The van der Waals surface area contributed by atoms with Gasteiger partial charge in [-0.05, 0) is 55.3 Å². The topological polar surface area (TPSA) is 76.2 Å². The number of hydrogen-bond donors (Lipinski definition) is 1. The van der Waals surface area contributed by atoms with Gasteiger partial charge in [-0.1, -0.05) is 11.2 Å². The lowest BCUT2D eigenvalue weighted by atomic mass is 10.1. The summed E-state index contributed by atoms with van der Waals surface area (Å²) >= 11 is 0. The van der Waals surface area contributed by atoms with Crippen LogP contribution in [0, 0.1) is 19.7 Å². The van der Waals surface area contributed by atoms with E-state index in [1.807, 2.05) is 0 Å². The van der Waals surface area contributed by atoms with Gasteiger partial charge in [-0.2, -0.15) is 4.98 Å². The average molecular weight is 312 g/mol. The molecule has 3 aromatic rings. The summed E-state index contributed by atoms with van der Waals surface area (Å²) in [6.07, 6.45) is 0. The van der Waals surface area contributed by atoms with E-state index < -0.39 is 11.8 Å². The minimum atomic E-state index is -1.04. The highest BCUT2D eigenvalue weighted by molar-refractivity contribution is 5.89. The molecular formula is C17H13FN2O3. The molecule has 23 heavy (non-hydrogen) atoms. The van der Waals surface area contributed by atoms with Crippen molar-refractivity contribution in [1.29, 1.82) is 0 Å². The summed E-state index contributed by atoms with van der Waals surface area (Å²) < 4.78 is 19.1. The summed E-state index contributed by atoms with van der Waals surface area (Å²) in [4.78, 5) is 15.3. The van der Waals surface area contributed by atoms with Crippen LogP contribution in [0.4, 0.5) is 4.39 Å². The van der Waals surface area contributed by atoms with Crippen molar-refractivity contribution in [3.05, 3.63) is 58.9 Å². The molecule has 6 heteroatoms. The molecule has 1 N–H and O–H groups in total. The maximum atomic E-state index is 14.0. The predicted octanol–water partition coefficient (Wildman–Crippen LogP) is 3.86. The van der Waals surface area contributed by atoms with Crippen LogP contribution in [0.2, 0.25) is 0 Å². The molecule has 0 saturated carbocycles. The molecule has 0 aliphatic carbocycles.